The average molecular weight is 386 g/mol. The molecular formula is C21H26N2O5. The van der Waals surface area contributed by atoms with E-state index in [0.717, 1.165) is 5.56 Å². The van der Waals surface area contributed by atoms with Gasteiger partial charge in [0.05, 0.1) is 13.3 Å². The van der Waals surface area contributed by atoms with Gasteiger partial charge in [0.1, 0.15) is 18.3 Å². The number of aryl methyl sites for hydroxylation is 1. The van der Waals surface area contributed by atoms with Gasteiger partial charge in [0.2, 0.25) is 5.43 Å². The number of nitrogens with zero attached hydrogens (tertiary/aromatic N) is 1. The molecule has 7 heteroatoms. The van der Waals surface area contributed by atoms with Gasteiger partial charge in [-0.2, -0.15) is 0 Å². The summed E-state index contributed by atoms with van der Waals surface area (Å²) in [6.07, 6.45) is 1.90. The van der Waals surface area contributed by atoms with Crippen molar-refractivity contribution in [2.75, 3.05) is 7.11 Å². The highest BCUT2D eigenvalue weighted by Gasteiger charge is 2.24. The summed E-state index contributed by atoms with van der Waals surface area (Å²) in [4.78, 5) is 36.9. The molecule has 1 heterocycles. The molecule has 0 aliphatic rings. The highest BCUT2D eigenvalue weighted by atomic mass is 16.5. The number of methoxy groups -OCH3 is 1. The first-order valence-electron chi connectivity index (χ1n) is 9.08. The molecule has 0 unspecified atom stereocenters. The Hall–Kier alpha value is -3.09. The third kappa shape index (κ3) is 5.70. The fraction of sp³-hybridized carbons (Fsp3) is 0.381. The third-order valence-electron chi connectivity index (χ3n) is 4.17. The number of benzene rings is 1. The minimum atomic E-state index is -0.776. The minimum absolute atomic E-state index is 0.134. The van der Waals surface area contributed by atoms with Crippen LogP contribution in [0.2, 0.25) is 0 Å². The first-order chi connectivity index (χ1) is 13.3. The third-order valence-corrected chi connectivity index (χ3v) is 4.17. The van der Waals surface area contributed by atoms with Crippen LogP contribution >= 0.6 is 0 Å². The van der Waals surface area contributed by atoms with Gasteiger partial charge in [0.25, 0.3) is 5.91 Å². The average Bonchev–Trinajstić information content (AvgIpc) is 2.67. The van der Waals surface area contributed by atoms with Crippen LogP contribution in [0.15, 0.2) is 47.4 Å². The summed E-state index contributed by atoms with van der Waals surface area (Å²) in [7, 11) is 2.91. The number of rotatable bonds is 8. The van der Waals surface area contributed by atoms with Crippen molar-refractivity contribution in [1.82, 2.24) is 9.88 Å². The summed E-state index contributed by atoms with van der Waals surface area (Å²) in [5.74, 6) is -0.711. The number of carbonyl (C=O) groups excluding carboxylic acids is 2. The van der Waals surface area contributed by atoms with Crippen LogP contribution in [0.1, 0.15) is 36.3 Å². The van der Waals surface area contributed by atoms with Gasteiger partial charge < -0.3 is 19.4 Å². The second-order valence-electron chi connectivity index (χ2n) is 6.95. The quantitative estimate of drug-likeness (QED) is 0.704. The maximum Gasteiger partial charge on any atom is 0.328 e. The molecule has 2 rings (SSSR count). The van der Waals surface area contributed by atoms with Gasteiger partial charge in [-0.1, -0.05) is 44.2 Å². The lowest BCUT2D eigenvalue weighted by Crippen LogP contribution is -2.43. The number of hydrogen-bond acceptors (Lipinski definition) is 5. The van der Waals surface area contributed by atoms with Crippen molar-refractivity contribution < 1.29 is 19.1 Å². The van der Waals surface area contributed by atoms with E-state index >= 15 is 0 Å². The molecule has 1 aromatic heterocycles. The van der Waals surface area contributed by atoms with Crippen molar-refractivity contribution >= 4 is 11.9 Å². The molecule has 0 spiro atoms. The van der Waals surface area contributed by atoms with Crippen LogP contribution in [0.3, 0.4) is 0 Å². The number of aromatic nitrogens is 1. The van der Waals surface area contributed by atoms with Crippen molar-refractivity contribution in [1.29, 1.82) is 0 Å². The Morgan fingerprint density at radius 1 is 1.18 bits per heavy atom. The normalized spacial score (nSPS) is 11.8. The second-order valence-corrected chi connectivity index (χ2v) is 6.95. The second kappa shape index (κ2) is 9.73. The zero-order valence-electron chi connectivity index (χ0n) is 16.6. The Morgan fingerprint density at radius 2 is 1.86 bits per heavy atom. The molecule has 150 valence electrons. The molecule has 2 aromatic rings. The summed E-state index contributed by atoms with van der Waals surface area (Å²) in [5, 5.41) is 2.65. The molecule has 7 nitrogen and oxygen atoms in total. The number of pyridine rings is 1. The van der Waals surface area contributed by atoms with Gasteiger partial charge in [0.15, 0.2) is 5.75 Å². The van der Waals surface area contributed by atoms with E-state index in [1.54, 1.807) is 7.05 Å². The Kier molecular flexibility index (Phi) is 7.37. The first-order valence-corrected chi connectivity index (χ1v) is 9.08. The standard InChI is InChI=1S/C21H26N2O5/c1-14(2)10-16(21(26)27-4)22-20(25)17-11-18(24)19(12-23(17)3)28-13-15-8-6-5-7-9-15/h5-9,11-12,14,16H,10,13H2,1-4H3,(H,22,25)/t16-/m1/s1. The monoisotopic (exact) mass is 386 g/mol. The Bertz CT molecular complexity index is 874. The van der Waals surface area contributed by atoms with Gasteiger partial charge in [-0.25, -0.2) is 4.79 Å². The van der Waals surface area contributed by atoms with Crippen molar-refractivity contribution in [3.05, 3.63) is 64.1 Å². The van der Waals surface area contributed by atoms with Crippen LogP contribution in [0.25, 0.3) is 0 Å². The first kappa shape index (κ1) is 21.2. The van der Waals surface area contributed by atoms with Crippen LogP contribution in [-0.2, 0) is 23.2 Å². The fourth-order valence-corrected chi connectivity index (χ4v) is 2.74. The molecule has 0 aliphatic heterocycles. The van der Waals surface area contributed by atoms with Crippen LogP contribution in [0.5, 0.6) is 5.75 Å². The highest BCUT2D eigenvalue weighted by molar-refractivity contribution is 5.95. The SMILES string of the molecule is COC(=O)[C@@H](CC(C)C)NC(=O)c1cc(=O)c(OCc2ccccc2)cn1C. The van der Waals surface area contributed by atoms with Crippen molar-refractivity contribution in [2.24, 2.45) is 13.0 Å². The summed E-state index contributed by atoms with van der Waals surface area (Å²) in [5.41, 5.74) is 0.661. The molecular weight excluding hydrogens is 360 g/mol. The summed E-state index contributed by atoms with van der Waals surface area (Å²) in [6, 6.07) is 9.90. The lowest BCUT2D eigenvalue weighted by Gasteiger charge is -2.19. The van der Waals surface area contributed by atoms with Gasteiger partial charge in [0, 0.05) is 13.1 Å². The molecule has 0 fully saturated rings. The summed E-state index contributed by atoms with van der Waals surface area (Å²) < 4.78 is 11.8. The number of ether oxygens (including phenoxy) is 2. The molecule has 0 aliphatic carbocycles. The van der Waals surface area contributed by atoms with E-state index in [2.05, 4.69) is 5.32 Å². The van der Waals surface area contributed by atoms with Crippen molar-refractivity contribution in [3.63, 3.8) is 0 Å². The lowest BCUT2D eigenvalue weighted by atomic mass is 10.0. The number of nitrogens with one attached hydrogen (secondary N) is 1. The molecule has 0 bridgehead atoms. The fourth-order valence-electron chi connectivity index (χ4n) is 2.74. The van der Waals surface area contributed by atoms with E-state index in [1.807, 2.05) is 44.2 Å². The molecule has 0 saturated heterocycles. The molecule has 1 amide bonds. The number of hydrogen-bond donors (Lipinski definition) is 1. The van der Waals surface area contributed by atoms with E-state index in [1.165, 1.54) is 23.9 Å². The van der Waals surface area contributed by atoms with E-state index in [-0.39, 0.29) is 24.0 Å². The van der Waals surface area contributed by atoms with Crippen molar-refractivity contribution in [2.45, 2.75) is 32.9 Å². The number of amides is 1. The maximum absolute atomic E-state index is 12.6. The zero-order valence-corrected chi connectivity index (χ0v) is 16.6. The summed E-state index contributed by atoms with van der Waals surface area (Å²) >= 11 is 0. The predicted octanol–water partition coefficient (Wildman–Crippen LogP) is 2.28. The van der Waals surface area contributed by atoms with Crippen LogP contribution in [0, 0.1) is 5.92 Å². The van der Waals surface area contributed by atoms with Gasteiger partial charge in [-0.3, -0.25) is 9.59 Å². The zero-order chi connectivity index (χ0) is 20.7. The Labute approximate surface area is 164 Å². The number of esters is 1. The molecule has 0 radical (unpaired) electrons. The van der Waals surface area contributed by atoms with E-state index in [4.69, 9.17) is 9.47 Å². The molecule has 0 saturated carbocycles. The topological polar surface area (TPSA) is 86.6 Å². The van der Waals surface area contributed by atoms with Gasteiger partial charge in [-0.15, -0.1) is 0 Å². The predicted molar refractivity (Wildman–Crippen MR) is 105 cm³/mol. The number of carbonyl (C=O) groups is 2. The summed E-state index contributed by atoms with van der Waals surface area (Å²) in [6.45, 7) is 4.13. The van der Waals surface area contributed by atoms with Crippen LogP contribution in [0.4, 0.5) is 0 Å². The lowest BCUT2D eigenvalue weighted by molar-refractivity contribution is -0.143. The van der Waals surface area contributed by atoms with Crippen molar-refractivity contribution in [3.8, 4) is 5.75 Å². The van der Waals surface area contributed by atoms with Crippen LogP contribution in [-0.4, -0.2) is 29.6 Å². The van der Waals surface area contributed by atoms with E-state index in [0.29, 0.717) is 6.42 Å². The minimum Gasteiger partial charge on any atom is -0.483 e. The Balaban J connectivity index is 2.15. The molecule has 1 N–H and O–H groups in total. The molecule has 28 heavy (non-hydrogen) atoms. The largest absolute Gasteiger partial charge is 0.483 e. The van der Waals surface area contributed by atoms with Gasteiger partial charge in [-0.05, 0) is 17.9 Å². The maximum atomic E-state index is 12.6. The van der Waals surface area contributed by atoms with Crippen LogP contribution < -0.4 is 15.5 Å². The smallest absolute Gasteiger partial charge is 0.328 e. The Morgan fingerprint density at radius 3 is 2.46 bits per heavy atom. The van der Waals surface area contributed by atoms with E-state index < -0.39 is 23.3 Å². The highest BCUT2D eigenvalue weighted by Crippen LogP contribution is 2.11. The molecule has 1 aromatic carbocycles. The molecule has 1 atom stereocenters. The van der Waals surface area contributed by atoms with Gasteiger partial charge >= 0.3 is 5.97 Å². The van der Waals surface area contributed by atoms with E-state index in [9.17, 15) is 14.4 Å².